The Balaban J connectivity index is 1.98. The summed E-state index contributed by atoms with van der Waals surface area (Å²) in [6.07, 6.45) is -1.14. The number of aliphatic hydroxyl groups is 1. The highest BCUT2D eigenvalue weighted by Gasteiger charge is 2.21. The molecule has 0 saturated heterocycles. The second-order valence-corrected chi connectivity index (χ2v) is 5.61. The largest absolute Gasteiger partial charge is 0.372 e. The van der Waals surface area contributed by atoms with Crippen molar-refractivity contribution >= 4 is 28.6 Å². The van der Waals surface area contributed by atoms with Crippen molar-refractivity contribution in [2.45, 2.75) is 12.8 Å². The summed E-state index contributed by atoms with van der Waals surface area (Å²) in [4.78, 5) is 4.55. The fraction of sp³-hybridized carbons (Fsp3) is 0.133. The van der Waals surface area contributed by atoms with Crippen LogP contribution in [0.4, 0.5) is 5.95 Å². The molecular weight excluding hydrogens is 304 g/mol. The highest BCUT2D eigenvalue weighted by Crippen LogP contribution is 2.33. The Morgan fingerprint density at radius 2 is 2.14 bits per heavy atom. The molecule has 2 heterocycles. The van der Waals surface area contributed by atoms with Crippen LogP contribution in [0.2, 0.25) is 5.02 Å². The Kier molecular flexibility index (Phi) is 3.05. The average Bonchev–Trinajstić information content (AvgIpc) is 2.91. The minimum absolute atomic E-state index is 0.568. The average molecular weight is 317 g/mol. The molecule has 1 unspecified atom stereocenters. The maximum Gasteiger partial charge on any atom is 0.208 e. The first kappa shape index (κ1) is 13.5. The van der Waals surface area contributed by atoms with Crippen molar-refractivity contribution in [3.05, 3.63) is 52.5 Å². The van der Waals surface area contributed by atoms with Crippen LogP contribution in [-0.2, 0) is 6.54 Å². The maximum atomic E-state index is 9.76. The molecule has 1 atom stereocenters. The molecular formula is C15H13ClN4O2. The van der Waals surface area contributed by atoms with E-state index >= 15 is 0 Å². The van der Waals surface area contributed by atoms with E-state index in [1.165, 1.54) is 0 Å². The number of aromatic nitrogens is 2. The number of hydrogen-bond donors (Lipinski definition) is 4. The number of hydrogen-bond acceptors (Lipinski definition) is 5. The van der Waals surface area contributed by atoms with Crippen LogP contribution in [0.15, 0.2) is 36.4 Å². The SMILES string of the molecule is ONC(O)c1ccc2c(c1)-n1c(nc3ccc(Cl)cc31)NC2. The third-order valence-corrected chi connectivity index (χ3v) is 4.08. The number of aliphatic hydroxyl groups excluding tert-OH is 1. The lowest BCUT2D eigenvalue weighted by Crippen LogP contribution is -2.19. The second-order valence-electron chi connectivity index (χ2n) is 5.18. The van der Waals surface area contributed by atoms with Gasteiger partial charge in [0.1, 0.15) is 0 Å². The van der Waals surface area contributed by atoms with Crippen LogP contribution >= 0.6 is 11.6 Å². The lowest BCUT2D eigenvalue weighted by molar-refractivity contribution is 0.000692. The molecule has 4 rings (SSSR count). The zero-order valence-corrected chi connectivity index (χ0v) is 12.2. The molecule has 0 bridgehead atoms. The molecule has 0 radical (unpaired) electrons. The Bertz CT molecular complexity index is 877. The van der Waals surface area contributed by atoms with Gasteiger partial charge >= 0.3 is 0 Å². The number of imidazole rings is 1. The quantitative estimate of drug-likeness (QED) is 0.431. The number of benzene rings is 2. The lowest BCUT2D eigenvalue weighted by Gasteiger charge is -2.22. The summed E-state index contributed by atoms with van der Waals surface area (Å²) in [5, 5.41) is 22.6. The van der Waals surface area contributed by atoms with Crippen molar-refractivity contribution in [1.29, 1.82) is 0 Å². The molecule has 3 aromatic rings. The van der Waals surface area contributed by atoms with Gasteiger partial charge in [-0.3, -0.25) is 4.57 Å². The van der Waals surface area contributed by atoms with Gasteiger partial charge in [0.25, 0.3) is 0 Å². The zero-order valence-electron chi connectivity index (χ0n) is 11.4. The van der Waals surface area contributed by atoms with E-state index < -0.39 is 6.23 Å². The Morgan fingerprint density at radius 1 is 1.27 bits per heavy atom. The molecule has 1 aliphatic rings. The van der Waals surface area contributed by atoms with Crippen LogP contribution in [0, 0.1) is 0 Å². The molecule has 112 valence electrons. The normalized spacial score (nSPS) is 14.3. The van der Waals surface area contributed by atoms with Gasteiger partial charge in [-0.25, -0.2) is 4.98 Å². The van der Waals surface area contributed by atoms with Crippen LogP contribution in [0.5, 0.6) is 0 Å². The number of fused-ring (bicyclic) bond motifs is 5. The Labute approximate surface area is 130 Å². The van der Waals surface area contributed by atoms with Gasteiger partial charge in [0.15, 0.2) is 6.23 Å². The van der Waals surface area contributed by atoms with Gasteiger partial charge in [-0.1, -0.05) is 23.7 Å². The van der Waals surface area contributed by atoms with Crippen LogP contribution in [0.25, 0.3) is 16.7 Å². The van der Waals surface area contributed by atoms with E-state index in [1.807, 2.05) is 34.3 Å². The molecule has 0 saturated carbocycles. The topological polar surface area (TPSA) is 82.3 Å². The third kappa shape index (κ3) is 1.97. The Morgan fingerprint density at radius 3 is 2.95 bits per heavy atom. The van der Waals surface area contributed by atoms with E-state index in [1.54, 1.807) is 12.1 Å². The minimum Gasteiger partial charge on any atom is -0.372 e. The summed E-state index contributed by atoms with van der Waals surface area (Å²) >= 11 is 6.10. The first-order valence-corrected chi connectivity index (χ1v) is 7.18. The first-order valence-electron chi connectivity index (χ1n) is 6.80. The summed E-state index contributed by atoms with van der Waals surface area (Å²) in [7, 11) is 0. The summed E-state index contributed by atoms with van der Waals surface area (Å²) in [6.45, 7) is 0.648. The second kappa shape index (κ2) is 4.96. The maximum absolute atomic E-state index is 9.76. The van der Waals surface area contributed by atoms with E-state index in [9.17, 15) is 5.11 Å². The van der Waals surface area contributed by atoms with E-state index in [2.05, 4.69) is 10.3 Å². The van der Waals surface area contributed by atoms with Crippen molar-refractivity contribution in [3.63, 3.8) is 0 Å². The molecule has 0 amide bonds. The summed E-state index contributed by atoms with van der Waals surface area (Å²) in [6, 6.07) is 11.0. The number of anilines is 1. The van der Waals surface area contributed by atoms with Gasteiger partial charge < -0.3 is 15.6 Å². The van der Waals surface area contributed by atoms with Crippen LogP contribution in [0.3, 0.4) is 0 Å². The predicted octanol–water partition coefficient (Wildman–Crippen LogP) is 2.57. The van der Waals surface area contributed by atoms with Crippen LogP contribution < -0.4 is 10.8 Å². The molecule has 0 spiro atoms. The van der Waals surface area contributed by atoms with Gasteiger partial charge in [-0.2, -0.15) is 5.48 Å². The summed E-state index contributed by atoms with van der Waals surface area (Å²) < 4.78 is 1.97. The minimum atomic E-state index is -1.14. The monoisotopic (exact) mass is 316 g/mol. The molecule has 1 aromatic heterocycles. The summed E-state index contributed by atoms with van der Waals surface area (Å²) in [5.41, 5.74) is 6.12. The van der Waals surface area contributed by atoms with Crippen LogP contribution in [0.1, 0.15) is 17.4 Å². The summed E-state index contributed by atoms with van der Waals surface area (Å²) in [5.74, 6) is 0.730. The molecule has 4 N–H and O–H groups in total. The van der Waals surface area contributed by atoms with Crippen LogP contribution in [-0.4, -0.2) is 19.9 Å². The van der Waals surface area contributed by atoms with E-state index in [0.717, 1.165) is 28.2 Å². The number of hydroxylamine groups is 1. The molecule has 1 aliphatic heterocycles. The molecule has 7 heteroatoms. The van der Waals surface area contributed by atoms with Crippen molar-refractivity contribution in [1.82, 2.24) is 15.0 Å². The predicted molar refractivity (Wildman–Crippen MR) is 83.3 cm³/mol. The van der Waals surface area contributed by atoms with E-state index in [-0.39, 0.29) is 0 Å². The van der Waals surface area contributed by atoms with Crippen molar-refractivity contribution in [2.75, 3.05) is 5.32 Å². The molecule has 0 aliphatic carbocycles. The van der Waals surface area contributed by atoms with E-state index in [0.29, 0.717) is 17.1 Å². The fourth-order valence-corrected chi connectivity index (χ4v) is 2.93. The smallest absolute Gasteiger partial charge is 0.208 e. The zero-order chi connectivity index (χ0) is 15.3. The number of nitrogens with zero attached hydrogens (tertiary/aromatic N) is 2. The van der Waals surface area contributed by atoms with Gasteiger partial charge in [-0.05, 0) is 35.4 Å². The molecule has 0 fully saturated rings. The van der Waals surface area contributed by atoms with Crippen molar-refractivity contribution < 1.29 is 10.3 Å². The first-order chi connectivity index (χ1) is 10.7. The standard InChI is InChI=1S/C15H13ClN4O2/c16-10-3-4-11-13(6-10)20-12-5-8(14(21)19-22)1-2-9(12)7-17-15(20)18-11/h1-6,14,19,21-22H,7H2,(H,17,18). The van der Waals surface area contributed by atoms with E-state index in [4.69, 9.17) is 16.8 Å². The lowest BCUT2D eigenvalue weighted by atomic mass is 10.1. The van der Waals surface area contributed by atoms with Crippen molar-refractivity contribution in [2.24, 2.45) is 0 Å². The van der Waals surface area contributed by atoms with Gasteiger partial charge in [0.05, 0.1) is 16.7 Å². The number of nitrogens with one attached hydrogen (secondary N) is 2. The number of rotatable bonds is 2. The number of halogens is 1. The van der Waals surface area contributed by atoms with Gasteiger partial charge in [0, 0.05) is 11.6 Å². The Hall–Kier alpha value is -2.12. The van der Waals surface area contributed by atoms with Gasteiger partial charge in [0.2, 0.25) is 5.95 Å². The fourth-order valence-electron chi connectivity index (χ4n) is 2.77. The molecule has 6 nitrogen and oxygen atoms in total. The third-order valence-electron chi connectivity index (χ3n) is 3.84. The van der Waals surface area contributed by atoms with Crippen molar-refractivity contribution in [3.8, 4) is 5.69 Å². The molecule has 22 heavy (non-hydrogen) atoms. The highest BCUT2D eigenvalue weighted by atomic mass is 35.5. The molecule has 2 aromatic carbocycles. The highest BCUT2D eigenvalue weighted by molar-refractivity contribution is 6.31. The van der Waals surface area contributed by atoms with Gasteiger partial charge in [-0.15, -0.1) is 0 Å².